The van der Waals surface area contributed by atoms with Crippen LogP contribution in [0.1, 0.15) is 32.1 Å². The molecule has 1 heterocycles. The van der Waals surface area contributed by atoms with Crippen molar-refractivity contribution >= 4 is 23.6 Å². The van der Waals surface area contributed by atoms with Gasteiger partial charge in [0.25, 0.3) is 0 Å². The third kappa shape index (κ3) is 2.34. The van der Waals surface area contributed by atoms with Gasteiger partial charge < -0.3 is 10.0 Å². The zero-order valence-corrected chi connectivity index (χ0v) is 10.0. The Balaban J connectivity index is 2.11. The smallest absolute Gasteiger partial charge is 0.327 e. The van der Waals surface area contributed by atoms with E-state index in [1.807, 2.05) is 0 Å². The molecule has 1 amide bonds. The lowest BCUT2D eigenvalue weighted by Gasteiger charge is -2.40. The minimum Gasteiger partial charge on any atom is -0.480 e. The predicted octanol–water partition coefficient (Wildman–Crippen LogP) is 1.35. The van der Waals surface area contributed by atoms with E-state index in [0.717, 1.165) is 25.7 Å². The molecule has 4 nitrogen and oxygen atoms in total. The van der Waals surface area contributed by atoms with Crippen LogP contribution < -0.4 is 0 Å². The van der Waals surface area contributed by atoms with Crippen LogP contribution in [0.25, 0.3) is 0 Å². The van der Waals surface area contributed by atoms with Crippen LogP contribution in [0.4, 0.5) is 0 Å². The number of hydrogen-bond acceptors (Lipinski definition) is 3. The lowest BCUT2D eigenvalue weighted by molar-refractivity contribution is -0.151. The fourth-order valence-corrected chi connectivity index (χ4v) is 3.56. The van der Waals surface area contributed by atoms with Crippen molar-refractivity contribution in [3.8, 4) is 0 Å². The molecule has 0 aromatic rings. The number of nitrogens with zero attached hydrogens (tertiary/aromatic N) is 1. The van der Waals surface area contributed by atoms with Crippen LogP contribution in [-0.2, 0) is 9.59 Å². The molecule has 1 atom stereocenters. The van der Waals surface area contributed by atoms with Gasteiger partial charge in [-0.15, -0.1) is 11.8 Å². The molecular weight excluding hydrogens is 226 g/mol. The van der Waals surface area contributed by atoms with E-state index in [-0.39, 0.29) is 11.9 Å². The topological polar surface area (TPSA) is 57.6 Å². The van der Waals surface area contributed by atoms with Crippen molar-refractivity contribution in [1.82, 2.24) is 4.90 Å². The molecule has 0 spiro atoms. The first-order chi connectivity index (χ1) is 7.70. The Labute approximate surface area is 99.4 Å². The number of thioether (sulfide) groups is 1. The maximum absolute atomic E-state index is 11.9. The first-order valence-corrected chi connectivity index (χ1v) is 6.97. The number of carboxylic acids is 1. The Kier molecular flexibility index (Phi) is 3.74. The van der Waals surface area contributed by atoms with Gasteiger partial charge in [0.1, 0.15) is 6.04 Å². The molecule has 2 fully saturated rings. The third-order valence-corrected chi connectivity index (χ3v) is 4.38. The molecule has 0 radical (unpaired) electrons. The minimum atomic E-state index is -0.855. The van der Waals surface area contributed by atoms with Gasteiger partial charge >= 0.3 is 5.97 Å². The van der Waals surface area contributed by atoms with E-state index >= 15 is 0 Å². The van der Waals surface area contributed by atoms with E-state index in [1.54, 1.807) is 4.90 Å². The van der Waals surface area contributed by atoms with Crippen molar-refractivity contribution in [1.29, 1.82) is 0 Å². The first-order valence-electron chi connectivity index (χ1n) is 5.82. The lowest BCUT2D eigenvalue weighted by Crippen LogP contribution is -2.55. The van der Waals surface area contributed by atoms with Crippen LogP contribution in [0.2, 0.25) is 0 Å². The van der Waals surface area contributed by atoms with Crippen molar-refractivity contribution < 1.29 is 14.7 Å². The highest BCUT2D eigenvalue weighted by atomic mass is 32.2. The van der Waals surface area contributed by atoms with Crippen molar-refractivity contribution in [2.45, 2.75) is 44.2 Å². The summed E-state index contributed by atoms with van der Waals surface area (Å²) in [4.78, 5) is 24.6. The average molecular weight is 243 g/mol. The maximum Gasteiger partial charge on any atom is 0.327 e. The molecule has 1 saturated heterocycles. The average Bonchev–Trinajstić information content (AvgIpc) is 2.29. The number of hydrogen-bond donors (Lipinski definition) is 1. The second-order valence-corrected chi connectivity index (χ2v) is 5.49. The Morgan fingerprint density at radius 3 is 2.62 bits per heavy atom. The summed E-state index contributed by atoms with van der Waals surface area (Å²) in [7, 11) is 0. The third-order valence-electron chi connectivity index (χ3n) is 3.38. The molecule has 0 bridgehead atoms. The molecule has 1 aliphatic heterocycles. The van der Waals surface area contributed by atoms with E-state index in [0.29, 0.717) is 11.5 Å². The molecule has 0 aromatic carbocycles. The van der Waals surface area contributed by atoms with Gasteiger partial charge in [-0.25, -0.2) is 4.79 Å². The predicted molar refractivity (Wildman–Crippen MR) is 62.5 cm³/mol. The van der Waals surface area contributed by atoms with E-state index in [1.165, 1.54) is 18.2 Å². The highest BCUT2D eigenvalue weighted by Gasteiger charge is 2.38. The van der Waals surface area contributed by atoms with Crippen molar-refractivity contribution in [2.24, 2.45) is 0 Å². The number of carboxylic acid groups (broad SMARTS) is 1. The summed E-state index contributed by atoms with van der Waals surface area (Å²) in [5.41, 5.74) is 0. The Hall–Kier alpha value is -0.710. The summed E-state index contributed by atoms with van der Waals surface area (Å²) in [6.45, 7) is 0. The summed E-state index contributed by atoms with van der Waals surface area (Å²) in [6.07, 6.45) is 5.40. The highest BCUT2D eigenvalue weighted by molar-refractivity contribution is 8.00. The van der Waals surface area contributed by atoms with Gasteiger partial charge in [0.05, 0.1) is 5.75 Å². The molecule has 5 heteroatoms. The van der Waals surface area contributed by atoms with Crippen LogP contribution in [0.5, 0.6) is 0 Å². The molecule has 0 aromatic heterocycles. The quantitative estimate of drug-likeness (QED) is 0.795. The molecule has 2 rings (SSSR count). The fraction of sp³-hybridized carbons (Fsp3) is 0.818. The second kappa shape index (κ2) is 5.08. The standard InChI is InChI=1S/C11H17NO3S/c13-10-7-16-6-9(11(14)15)12(10)8-4-2-1-3-5-8/h8-9H,1-7H2,(H,14,15). The molecular formula is C11H17NO3S. The van der Waals surface area contributed by atoms with Crippen molar-refractivity contribution in [3.05, 3.63) is 0 Å². The van der Waals surface area contributed by atoms with Crippen LogP contribution >= 0.6 is 11.8 Å². The molecule has 1 unspecified atom stereocenters. The van der Waals surface area contributed by atoms with E-state index < -0.39 is 12.0 Å². The van der Waals surface area contributed by atoms with Crippen LogP contribution in [0, 0.1) is 0 Å². The Morgan fingerprint density at radius 2 is 2.00 bits per heavy atom. The van der Waals surface area contributed by atoms with Crippen molar-refractivity contribution in [2.75, 3.05) is 11.5 Å². The molecule has 16 heavy (non-hydrogen) atoms. The molecule has 1 aliphatic carbocycles. The summed E-state index contributed by atoms with van der Waals surface area (Å²) in [5, 5.41) is 9.15. The van der Waals surface area contributed by atoms with Gasteiger partial charge in [0.15, 0.2) is 0 Å². The van der Waals surface area contributed by atoms with Gasteiger partial charge in [-0.3, -0.25) is 4.79 Å². The second-order valence-electron chi connectivity index (χ2n) is 4.46. The molecule has 2 aliphatic rings. The summed E-state index contributed by atoms with van der Waals surface area (Å²) in [5.74, 6) is 0.138. The molecule has 1 saturated carbocycles. The van der Waals surface area contributed by atoms with Gasteiger partial charge in [0.2, 0.25) is 5.91 Å². The number of carbonyl (C=O) groups is 2. The SMILES string of the molecule is O=C(O)C1CSCC(=O)N1C1CCCCC1. The normalized spacial score (nSPS) is 28.1. The number of rotatable bonds is 2. The number of aliphatic carboxylic acids is 1. The zero-order valence-electron chi connectivity index (χ0n) is 9.22. The Bertz CT molecular complexity index is 289. The van der Waals surface area contributed by atoms with Gasteiger partial charge in [-0.2, -0.15) is 0 Å². The van der Waals surface area contributed by atoms with E-state index in [4.69, 9.17) is 5.11 Å². The first kappa shape index (κ1) is 11.8. The largest absolute Gasteiger partial charge is 0.480 e. The van der Waals surface area contributed by atoms with Crippen LogP contribution in [-0.4, -0.2) is 45.5 Å². The molecule has 90 valence electrons. The van der Waals surface area contributed by atoms with Crippen molar-refractivity contribution in [3.63, 3.8) is 0 Å². The highest BCUT2D eigenvalue weighted by Crippen LogP contribution is 2.28. The lowest BCUT2D eigenvalue weighted by atomic mass is 9.93. The maximum atomic E-state index is 11.9. The summed E-state index contributed by atoms with van der Waals surface area (Å²) >= 11 is 1.44. The van der Waals surface area contributed by atoms with E-state index in [2.05, 4.69) is 0 Å². The summed E-state index contributed by atoms with van der Waals surface area (Å²) < 4.78 is 0. The van der Waals surface area contributed by atoms with Gasteiger partial charge in [-0.05, 0) is 12.8 Å². The molecule has 1 N–H and O–H groups in total. The zero-order chi connectivity index (χ0) is 11.5. The fourth-order valence-electron chi connectivity index (χ4n) is 2.59. The van der Waals surface area contributed by atoms with Gasteiger partial charge in [0, 0.05) is 11.8 Å². The summed E-state index contributed by atoms with van der Waals surface area (Å²) in [6, 6.07) is -0.433. The van der Waals surface area contributed by atoms with Crippen LogP contribution in [0.3, 0.4) is 0 Å². The van der Waals surface area contributed by atoms with E-state index in [9.17, 15) is 9.59 Å². The van der Waals surface area contributed by atoms with Gasteiger partial charge in [-0.1, -0.05) is 19.3 Å². The monoisotopic (exact) mass is 243 g/mol. The number of carbonyl (C=O) groups excluding carboxylic acids is 1. The minimum absolute atomic E-state index is 0.00977. The Morgan fingerprint density at radius 1 is 1.31 bits per heavy atom. The number of amides is 1. The van der Waals surface area contributed by atoms with Crippen LogP contribution in [0.15, 0.2) is 0 Å².